The minimum Gasteiger partial charge on any atom is -0.396 e. The Balaban J connectivity index is 1.56. The number of nitrogens with one attached hydrogen (secondary N) is 1. The summed E-state index contributed by atoms with van der Waals surface area (Å²) in [5, 5.41) is 13.2. The topological polar surface area (TPSA) is 41.5 Å². The molecular weight excluding hydrogens is 246 g/mol. The molecule has 0 aromatic heterocycles. The van der Waals surface area contributed by atoms with E-state index >= 15 is 0 Å². The average molecular weight is 271 g/mol. The maximum Gasteiger partial charge on any atom is 0.0795 e. The fraction of sp³-hybridized carbons (Fsp3) is 1.00. The van der Waals surface area contributed by atoms with Gasteiger partial charge in [0.15, 0.2) is 0 Å². The van der Waals surface area contributed by atoms with Gasteiger partial charge in [-0.2, -0.15) is 11.8 Å². The van der Waals surface area contributed by atoms with Gasteiger partial charge < -0.3 is 15.2 Å². The highest BCUT2D eigenvalue weighted by molar-refractivity contribution is 7.99. The zero-order chi connectivity index (χ0) is 12.4. The molecule has 3 aliphatic rings. The summed E-state index contributed by atoms with van der Waals surface area (Å²) < 4.78 is 6.06. The summed E-state index contributed by atoms with van der Waals surface area (Å²) in [4.78, 5) is 0. The van der Waals surface area contributed by atoms with Gasteiger partial charge in [0.25, 0.3) is 0 Å². The number of hydrogen-bond acceptors (Lipinski definition) is 4. The summed E-state index contributed by atoms with van der Waals surface area (Å²) in [7, 11) is 0. The van der Waals surface area contributed by atoms with Gasteiger partial charge in [0.2, 0.25) is 0 Å². The van der Waals surface area contributed by atoms with Crippen LogP contribution < -0.4 is 5.32 Å². The van der Waals surface area contributed by atoms with E-state index in [0.29, 0.717) is 24.6 Å². The Hall–Kier alpha value is 0.230. The summed E-state index contributed by atoms with van der Waals surface area (Å²) in [6.07, 6.45) is 7.25. The van der Waals surface area contributed by atoms with Crippen molar-refractivity contribution in [3.63, 3.8) is 0 Å². The number of aliphatic hydroxyl groups is 1. The van der Waals surface area contributed by atoms with Crippen molar-refractivity contribution in [1.29, 1.82) is 0 Å². The fourth-order valence-corrected chi connectivity index (χ4v) is 5.19. The second-order valence-electron chi connectivity index (χ2n) is 6.17. The number of rotatable bonds is 3. The first-order chi connectivity index (χ1) is 8.81. The first-order valence-corrected chi connectivity index (χ1v) is 8.55. The van der Waals surface area contributed by atoms with Gasteiger partial charge in [0.1, 0.15) is 0 Å². The van der Waals surface area contributed by atoms with E-state index in [4.69, 9.17) is 4.74 Å². The average Bonchev–Trinajstić information content (AvgIpc) is 2.99. The molecule has 1 spiro atoms. The lowest BCUT2D eigenvalue weighted by molar-refractivity contribution is -0.0720. The third-order valence-electron chi connectivity index (χ3n) is 4.90. The van der Waals surface area contributed by atoms with Gasteiger partial charge in [-0.25, -0.2) is 0 Å². The Morgan fingerprint density at radius 2 is 2.28 bits per heavy atom. The first kappa shape index (κ1) is 13.2. The summed E-state index contributed by atoms with van der Waals surface area (Å²) in [5.74, 6) is 2.93. The van der Waals surface area contributed by atoms with Gasteiger partial charge in [0, 0.05) is 31.1 Å². The molecule has 3 rings (SSSR count). The van der Waals surface area contributed by atoms with E-state index in [1.54, 1.807) is 0 Å². The van der Waals surface area contributed by atoms with E-state index < -0.39 is 0 Å². The van der Waals surface area contributed by atoms with Gasteiger partial charge in [-0.1, -0.05) is 6.42 Å². The maximum absolute atomic E-state index is 9.40. The third kappa shape index (κ3) is 2.72. The summed E-state index contributed by atoms with van der Waals surface area (Å²) in [6, 6.07) is 1.15. The van der Waals surface area contributed by atoms with E-state index in [-0.39, 0.29) is 5.60 Å². The Morgan fingerprint density at radius 1 is 1.33 bits per heavy atom. The lowest BCUT2D eigenvalue weighted by atomic mass is 9.89. The third-order valence-corrected chi connectivity index (χ3v) is 6.13. The second kappa shape index (κ2) is 5.70. The molecule has 3 fully saturated rings. The van der Waals surface area contributed by atoms with Gasteiger partial charge in [-0.15, -0.1) is 0 Å². The molecule has 2 N–H and O–H groups in total. The minimum absolute atomic E-state index is 0.175. The molecule has 4 heteroatoms. The van der Waals surface area contributed by atoms with Crippen LogP contribution in [-0.2, 0) is 4.74 Å². The van der Waals surface area contributed by atoms with E-state index in [9.17, 15) is 5.11 Å². The molecule has 0 amide bonds. The Kier molecular flexibility index (Phi) is 4.18. The van der Waals surface area contributed by atoms with Crippen molar-refractivity contribution in [2.45, 2.75) is 56.2 Å². The molecule has 0 radical (unpaired) electrons. The Labute approximate surface area is 114 Å². The normalized spacial score (nSPS) is 44.8. The molecule has 2 aliphatic heterocycles. The van der Waals surface area contributed by atoms with Gasteiger partial charge in [-0.05, 0) is 43.8 Å². The van der Waals surface area contributed by atoms with Crippen molar-refractivity contribution in [3.8, 4) is 0 Å². The van der Waals surface area contributed by atoms with Crippen LogP contribution in [0.5, 0.6) is 0 Å². The van der Waals surface area contributed by atoms with Crippen molar-refractivity contribution in [1.82, 2.24) is 5.32 Å². The lowest BCUT2D eigenvalue weighted by Crippen LogP contribution is -2.50. The zero-order valence-corrected chi connectivity index (χ0v) is 11.9. The Bertz CT molecular complexity index is 281. The number of thioether (sulfide) groups is 1. The number of aliphatic hydroxyl groups excluding tert-OH is 1. The molecule has 104 valence electrons. The molecular formula is C14H25NO2S. The van der Waals surface area contributed by atoms with Crippen LogP contribution in [0, 0.1) is 5.92 Å². The predicted octanol–water partition coefficient (Wildman–Crippen LogP) is 1.79. The maximum atomic E-state index is 9.40. The molecule has 3 nitrogen and oxygen atoms in total. The van der Waals surface area contributed by atoms with Crippen LogP contribution in [0.2, 0.25) is 0 Å². The molecule has 4 unspecified atom stereocenters. The minimum atomic E-state index is 0.175. The van der Waals surface area contributed by atoms with Crippen molar-refractivity contribution < 1.29 is 9.84 Å². The van der Waals surface area contributed by atoms with Crippen LogP contribution in [0.3, 0.4) is 0 Å². The van der Waals surface area contributed by atoms with Crippen molar-refractivity contribution >= 4 is 11.8 Å². The largest absolute Gasteiger partial charge is 0.396 e. The monoisotopic (exact) mass is 271 g/mol. The molecule has 18 heavy (non-hydrogen) atoms. The molecule has 1 saturated carbocycles. The van der Waals surface area contributed by atoms with Crippen LogP contribution in [0.4, 0.5) is 0 Å². The van der Waals surface area contributed by atoms with Gasteiger partial charge >= 0.3 is 0 Å². The van der Waals surface area contributed by atoms with E-state index in [0.717, 1.165) is 13.0 Å². The molecule has 4 atom stereocenters. The van der Waals surface area contributed by atoms with E-state index in [1.807, 2.05) is 11.8 Å². The van der Waals surface area contributed by atoms with Crippen molar-refractivity contribution in [2.75, 3.05) is 24.7 Å². The SMILES string of the molecule is OCC1CCCC1NC1CCOC2(CCSC2)C1. The van der Waals surface area contributed by atoms with Gasteiger partial charge in [0.05, 0.1) is 5.60 Å². The van der Waals surface area contributed by atoms with Gasteiger partial charge in [-0.3, -0.25) is 0 Å². The van der Waals surface area contributed by atoms with Crippen LogP contribution in [0.25, 0.3) is 0 Å². The Morgan fingerprint density at radius 3 is 3.06 bits per heavy atom. The second-order valence-corrected chi connectivity index (χ2v) is 7.28. The molecule has 2 heterocycles. The van der Waals surface area contributed by atoms with Crippen molar-refractivity contribution in [3.05, 3.63) is 0 Å². The van der Waals surface area contributed by atoms with Crippen LogP contribution in [0.15, 0.2) is 0 Å². The smallest absolute Gasteiger partial charge is 0.0795 e. The zero-order valence-electron chi connectivity index (χ0n) is 11.1. The predicted molar refractivity (Wildman–Crippen MR) is 75.0 cm³/mol. The highest BCUT2D eigenvalue weighted by atomic mass is 32.2. The van der Waals surface area contributed by atoms with Crippen LogP contribution in [-0.4, -0.2) is 47.5 Å². The molecule has 1 aliphatic carbocycles. The number of ether oxygens (including phenoxy) is 1. The van der Waals surface area contributed by atoms with Crippen LogP contribution >= 0.6 is 11.8 Å². The van der Waals surface area contributed by atoms with Crippen molar-refractivity contribution in [2.24, 2.45) is 5.92 Å². The standard InChI is InChI=1S/C14H25NO2S/c16-9-11-2-1-3-13(11)15-12-4-6-17-14(8-12)5-7-18-10-14/h11-13,15-16H,1-10H2. The molecule has 0 aromatic rings. The fourth-order valence-electron chi connectivity index (χ4n) is 3.81. The molecule has 0 aromatic carbocycles. The summed E-state index contributed by atoms with van der Waals surface area (Å²) >= 11 is 2.04. The van der Waals surface area contributed by atoms with Crippen LogP contribution in [0.1, 0.15) is 38.5 Å². The van der Waals surface area contributed by atoms with E-state index in [1.165, 1.54) is 43.6 Å². The summed E-state index contributed by atoms with van der Waals surface area (Å²) in [6.45, 7) is 1.26. The molecule has 0 bridgehead atoms. The quantitative estimate of drug-likeness (QED) is 0.821. The highest BCUT2D eigenvalue weighted by Crippen LogP contribution is 2.39. The summed E-state index contributed by atoms with van der Waals surface area (Å²) in [5.41, 5.74) is 0.175. The van der Waals surface area contributed by atoms with E-state index in [2.05, 4.69) is 5.32 Å². The highest BCUT2D eigenvalue weighted by Gasteiger charge is 2.41. The first-order valence-electron chi connectivity index (χ1n) is 7.40. The lowest BCUT2D eigenvalue weighted by Gasteiger charge is -2.39. The molecule has 2 saturated heterocycles. The number of hydrogen-bond donors (Lipinski definition) is 2.